The van der Waals surface area contributed by atoms with E-state index in [2.05, 4.69) is 163 Å². The fraction of sp³-hybridized carbons (Fsp3) is 0.0652. The van der Waals surface area contributed by atoms with Gasteiger partial charge in [0.1, 0.15) is 0 Å². The first-order valence-corrected chi connectivity index (χ1v) is 16.7. The summed E-state index contributed by atoms with van der Waals surface area (Å²) in [5.41, 5.74) is 11.5. The van der Waals surface area contributed by atoms with Gasteiger partial charge in [0.25, 0.3) is 0 Å². The SMILES string of the molecule is C=C/C=C(\C=C)CN(Cc1ccccc1)c1ccc(-n2/c(=C/C=C)c(=C)c3cc(N=C)c(Nc4ccccc4-c4ccccc4C)cc32)cc1. The Kier molecular flexibility index (Phi) is 10.2. The van der Waals surface area contributed by atoms with E-state index in [1.807, 2.05) is 42.5 Å². The van der Waals surface area contributed by atoms with Crippen molar-refractivity contribution in [3.63, 3.8) is 0 Å². The Balaban J connectivity index is 1.46. The molecule has 1 heterocycles. The predicted octanol–water partition coefficient (Wildman–Crippen LogP) is 10.4. The van der Waals surface area contributed by atoms with Crippen LogP contribution in [0.5, 0.6) is 0 Å². The number of rotatable bonds is 13. The first-order valence-electron chi connectivity index (χ1n) is 16.7. The molecule has 6 aromatic rings. The molecule has 1 N–H and O–H groups in total. The summed E-state index contributed by atoms with van der Waals surface area (Å²) in [4.78, 5) is 6.79. The standard InChI is InChI=1S/C46H42N4/c1-7-17-35(9-3)31-49(32-36-20-11-10-12-21-36)37-25-27-38(28-26-37)50-45(18-8-2)34(5)41-29-43(47-6)44(30-46(41)50)48-42-24-16-15-23-40(42)39-22-14-13-19-33(39)4/h7-30,48H,1-3,5-6,31-32H2,4H3/b35-17+,45-18+. The van der Waals surface area contributed by atoms with Gasteiger partial charge < -0.3 is 14.8 Å². The summed E-state index contributed by atoms with van der Waals surface area (Å²) in [6.45, 7) is 24.0. The Morgan fingerprint density at radius 3 is 2.18 bits per heavy atom. The summed E-state index contributed by atoms with van der Waals surface area (Å²) in [7, 11) is 0. The minimum absolute atomic E-state index is 0.699. The molecule has 0 aliphatic rings. The smallest absolute Gasteiger partial charge is 0.0864 e. The van der Waals surface area contributed by atoms with Crippen molar-refractivity contribution in [1.82, 2.24) is 4.57 Å². The first-order chi connectivity index (χ1) is 24.4. The number of nitrogens with zero attached hydrogens (tertiary/aromatic N) is 3. The number of fused-ring (bicyclic) bond motifs is 1. The molecule has 4 nitrogen and oxygen atoms in total. The monoisotopic (exact) mass is 650 g/mol. The Morgan fingerprint density at radius 1 is 0.800 bits per heavy atom. The maximum atomic E-state index is 4.50. The number of para-hydroxylation sites is 1. The van der Waals surface area contributed by atoms with E-state index in [1.165, 1.54) is 16.7 Å². The van der Waals surface area contributed by atoms with Crippen LogP contribution < -0.4 is 20.8 Å². The lowest BCUT2D eigenvalue weighted by Crippen LogP contribution is -2.27. The maximum Gasteiger partial charge on any atom is 0.0864 e. The molecule has 0 radical (unpaired) electrons. The van der Waals surface area contributed by atoms with E-state index in [4.69, 9.17) is 0 Å². The van der Waals surface area contributed by atoms with Gasteiger partial charge in [0.2, 0.25) is 0 Å². The molecular formula is C46H42N4. The van der Waals surface area contributed by atoms with Crippen LogP contribution in [0.25, 0.3) is 40.4 Å². The van der Waals surface area contributed by atoms with E-state index in [1.54, 1.807) is 0 Å². The summed E-state index contributed by atoms with van der Waals surface area (Å²) in [5, 5.41) is 6.56. The highest BCUT2D eigenvalue weighted by molar-refractivity contribution is 5.95. The number of allylic oxidation sites excluding steroid dienone is 3. The molecule has 0 spiro atoms. The second kappa shape index (κ2) is 15.2. The van der Waals surface area contributed by atoms with Gasteiger partial charge >= 0.3 is 0 Å². The van der Waals surface area contributed by atoms with Gasteiger partial charge in [-0.1, -0.05) is 123 Å². The van der Waals surface area contributed by atoms with E-state index in [9.17, 15) is 0 Å². The lowest BCUT2D eigenvalue weighted by molar-refractivity contribution is 0.852. The lowest BCUT2D eigenvalue weighted by atomic mass is 9.99. The van der Waals surface area contributed by atoms with Crippen LogP contribution in [0.2, 0.25) is 0 Å². The molecule has 0 fully saturated rings. The van der Waals surface area contributed by atoms with E-state index in [0.29, 0.717) is 6.54 Å². The molecule has 0 atom stereocenters. The molecule has 50 heavy (non-hydrogen) atoms. The van der Waals surface area contributed by atoms with Crippen molar-refractivity contribution in [2.45, 2.75) is 13.5 Å². The number of aryl methyl sites for hydroxylation is 1. The topological polar surface area (TPSA) is 32.6 Å². The second-order valence-corrected chi connectivity index (χ2v) is 12.2. The summed E-state index contributed by atoms with van der Waals surface area (Å²) in [6, 6.07) is 40.2. The van der Waals surface area contributed by atoms with Crippen LogP contribution >= 0.6 is 0 Å². The van der Waals surface area contributed by atoms with Gasteiger partial charge in [0.05, 0.1) is 22.2 Å². The average Bonchev–Trinajstić information content (AvgIpc) is 3.41. The molecule has 4 heteroatoms. The van der Waals surface area contributed by atoms with Crippen molar-refractivity contribution in [2.24, 2.45) is 4.99 Å². The molecule has 0 saturated heterocycles. The highest BCUT2D eigenvalue weighted by Gasteiger charge is 2.16. The minimum Gasteiger partial charge on any atom is -0.363 e. The highest BCUT2D eigenvalue weighted by atomic mass is 15.1. The minimum atomic E-state index is 0.699. The van der Waals surface area contributed by atoms with E-state index >= 15 is 0 Å². The lowest BCUT2D eigenvalue weighted by Gasteiger charge is -2.26. The number of nitrogens with one attached hydrogen (secondary N) is 1. The van der Waals surface area contributed by atoms with Crippen molar-refractivity contribution < 1.29 is 0 Å². The number of anilines is 3. The third-order valence-electron chi connectivity index (χ3n) is 8.96. The summed E-state index contributed by atoms with van der Waals surface area (Å²) < 4.78 is 2.24. The van der Waals surface area contributed by atoms with Crippen LogP contribution in [0.3, 0.4) is 0 Å². The Morgan fingerprint density at radius 2 is 1.50 bits per heavy atom. The van der Waals surface area contributed by atoms with Crippen molar-refractivity contribution in [1.29, 1.82) is 0 Å². The summed E-state index contributed by atoms with van der Waals surface area (Å²) in [5.74, 6) is 0. The molecule has 246 valence electrons. The molecule has 0 aliphatic heterocycles. The fourth-order valence-corrected chi connectivity index (χ4v) is 6.46. The molecule has 0 bridgehead atoms. The number of benzene rings is 5. The zero-order valence-electron chi connectivity index (χ0n) is 28.6. The van der Waals surface area contributed by atoms with Crippen molar-refractivity contribution >= 4 is 53.0 Å². The third-order valence-corrected chi connectivity index (χ3v) is 8.96. The van der Waals surface area contributed by atoms with Crippen LogP contribution in [0.1, 0.15) is 11.1 Å². The number of aromatic nitrogens is 1. The van der Waals surface area contributed by atoms with Crippen molar-refractivity contribution in [2.75, 3.05) is 16.8 Å². The third kappa shape index (κ3) is 6.92. The van der Waals surface area contributed by atoms with Crippen LogP contribution in [0.4, 0.5) is 22.7 Å². The fourth-order valence-electron chi connectivity index (χ4n) is 6.46. The second-order valence-electron chi connectivity index (χ2n) is 12.2. The Bertz CT molecular complexity index is 2340. The summed E-state index contributed by atoms with van der Waals surface area (Å²) >= 11 is 0. The van der Waals surface area contributed by atoms with Crippen LogP contribution in [0, 0.1) is 6.92 Å². The van der Waals surface area contributed by atoms with E-state index < -0.39 is 0 Å². The predicted molar refractivity (Wildman–Crippen MR) is 218 cm³/mol. The van der Waals surface area contributed by atoms with Gasteiger partial charge in [-0.2, -0.15) is 0 Å². The number of hydrogen-bond acceptors (Lipinski definition) is 3. The molecule has 5 aromatic carbocycles. The number of aliphatic imine (C=N–C) groups is 1. The molecule has 0 saturated carbocycles. The van der Waals surface area contributed by atoms with Crippen LogP contribution in [0.15, 0.2) is 170 Å². The Labute approximate surface area is 295 Å². The maximum absolute atomic E-state index is 4.50. The molecular weight excluding hydrogens is 609 g/mol. The average molecular weight is 651 g/mol. The first kappa shape index (κ1) is 33.5. The zero-order valence-corrected chi connectivity index (χ0v) is 28.6. The van der Waals surface area contributed by atoms with Gasteiger partial charge in [-0.3, -0.25) is 4.99 Å². The molecule has 6 rings (SSSR count). The van der Waals surface area contributed by atoms with Gasteiger partial charge in [-0.25, -0.2) is 0 Å². The molecule has 1 aromatic heterocycles. The molecule has 0 amide bonds. The van der Waals surface area contributed by atoms with Gasteiger partial charge in [0, 0.05) is 46.3 Å². The van der Waals surface area contributed by atoms with Crippen LogP contribution in [-0.4, -0.2) is 17.8 Å². The van der Waals surface area contributed by atoms with Gasteiger partial charge in [-0.05, 0) is 84.4 Å². The molecule has 0 unspecified atom stereocenters. The quantitative estimate of drug-likeness (QED) is 0.0997. The van der Waals surface area contributed by atoms with Gasteiger partial charge in [-0.15, -0.1) is 0 Å². The largest absolute Gasteiger partial charge is 0.363 e. The Hall–Kier alpha value is -6.39. The number of hydrogen-bond donors (Lipinski definition) is 1. The van der Waals surface area contributed by atoms with Crippen LogP contribution in [-0.2, 0) is 6.54 Å². The van der Waals surface area contributed by atoms with E-state index in [0.717, 1.165) is 67.6 Å². The van der Waals surface area contributed by atoms with E-state index in [-0.39, 0.29) is 0 Å². The van der Waals surface area contributed by atoms with Crippen molar-refractivity contribution in [3.8, 4) is 16.8 Å². The molecule has 0 aliphatic carbocycles. The normalized spacial score (nSPS) is 11.7. The summed E-state index contributed by atoms with van der Waals surface area (Å²) in [6.07, 6.45) is 9.53. The zero-order chi connectivity index (χ0) is 35.0. The van der Waals surface area contributed by atoms with Crippen molar-refractivity contribution in [3.05, 3.63) is 187 Å². The van der Waals surface area contributed by atoms with Gasteiger partial charge in [0.15, 0.2) is 0 Å². The highest BCUT2D eigenvalue weighted by Crippen LogP contribution is 2.37.